The maximum atomic E-state index is 8.56. The van der Waals surface area contributed by atoms with Crippen LogP contribution >= 0.6 is 0 Å². The van der Waals surface area contributed by atoms with Crippen LogP contribution in [-0.2, 0) is 6.54 Å². The third kappa shape index (κ3) is 1.26. The third-order valence-corrected chi connectivity index (χ3v) is 2.16. The normalized spacial score (nSPS) is 26.6. The SMILES string of the molecule is N#C[C@@H]1C[C@H]1Cn1cc(N)cn1. The highest BCUT2D eigenvalue weighted by Crippen LogP contribution is 2.38. The first-order valence-electron chi connectivity index (χ1n) is 3.97. The van der Waals surface area contributed by atoms with Crippen molar-refractivity contribution in [3.63, 3.8) is 0 Å². The molecule has 0 spiro atoms. The minimum atomic E-state index is 0.246. The Labute approximate surface area is 70.6 Å². The number of nitrogens with zero attached hydrogens (tertiary/aromatic N) is 3. The lowest BCUT2D eigenvalue weighted by Crippen LogP contribution is -2.00. The predicted molar refractivity (Wildman–Crippen MR) is 43.8 cm³/mol. The van der Waals surface area contributed by atoms with Crippen molar-refractivity contribution in [2.45, 2.75) is 13.0 Å². The van der Waals surface area contributed by atoms with Crippen molar-refractivity contribution in [2.75, 3.05) is 5.73 Å². The first kappa shape index (κ1) is 7.17. The van der Waals surface area contributed by atoms with E-state index < -0.39 is 0 Å². The molecule has 4 heteroatoms. The van der Waals surface area contributed by atoms with Crippen LogP contribution in [0.2, 0.25) is 0 Å². The molecule has 0 saturated heterocycles. The molecule has 0 aromatic carbocycles. The van der Waals surface area contributed by atoms with E-state index in [0.717, 1.165) is 13.0 Å². The Balaban J connectivity index is 1.94. The van der Waals surface area contributed by atoms with E-state index in [0.29, 0.717) is 11.6 Å². The van der Waals surface area contributed by atoms with Gasteiger partial charge in [-0.3, -0.25) is 4.68 Å². The van der Waals surface area contributed by atoms with Crippen LogP contribution in [0.25, 0.3) is 0 Å². The van der Waals surface area contributed by atoms with Gasteiger partial charge in [0, 0.05) is 12.7 Å². The minimum Gasteiger partial charge on any atom is -0.396 e. The van der Waals surface area contributed by atoms with Gasteiger partial charge in [0.25, 0.3) is 0 Å². The molecule has 1 heterocycles. The molecule has 0 unspecified atom stereocenters. The first-order valence-corrected chi connectivity index (χ1v) is 3.97. The van der Waals surface area contributed by atoms with Crippen LogP contribution < -0.4 is 5.73 Å². The topological polar surface area (TPSA) is 67.6 Å². The monoisotopic (exact) mass is 162 g/mol. The molecule has 1 aromatic rings. The molecule has 2 atom stereocenters. The lowest BCUT2D eigenvalue weighted by molar-refractivity contribution is 0.550. The van der Waals surface area contributed by atoms with E-state index >= 15 is 0 Å². The number of nitrogen functional groups attached to an aromatic ring is 1. The molecule has 0 aliphatic heterocycles. The van der Waals surface area contributed by atoms with Crippen molar-refractivity contribution in [3.05, 3.63) is 12.4 Å². The van der Waals surface area contributed by atoms with Crippen molar-refractivity contribution in [2.24, 2.45) is 11.8 Å². The van der Waals surface area contributed by atoms with Crippen molar-refractivity contribution in [1.29, 1.82) is 5.26 Å². The number of aromatic nitrogens is 2. The molecular weight excluding hydrogens is 152 g/mol. The molecule has 0 radical (unpaired) electrons. The molecule has 0 amide bonds. The summed E-state index contributed by atoms with van der Waals surface area (Å²) in [5.74, 6) is 0.740. The number of nitriles is 1. The molecule has 62 valence electrons. The van der Waals surface area contributed by atoms with Crippen molar-refractivity contribution < 1.29 is 0 Å². The van der Waals surface area contributed by atoms with Gasteiger partial charge in [-0.25, -0.2) is 0 Å². The van der Waals surface area contributed by atoms with Crippen LogP contribution in [-0.4, -0.2) is 9.78 Å². The maximum absolute atomic E-state index is 8.56. The van der Waals surface area contributed by atoms with E-state index in [1.807, 2.05) is 0 Å². The highest BCUT2D eigenvalue weighted by Gasteiger charge is 2.37. The molecule has 1 saturated carbocycles. The fourth-order valence-corrected chi connectivity index (χ4v) is 1.33. The Morgan fingerprint density at radius 1 is 1.83 bits per heavy atom. The fourth-order valence-electron chi connectivity index (χ4n) is 1.33. The molecule has 2 N–H and O–H groups in total. The highest BCUT2D eigenvalue weighted by molar-refractivity contribution is 5.30. The second kappa shape index (κ2) is 2.52. The van der Waals surface area contributed by atoms with E-state index in [9.17, 15) is 0 Å². The quantitative estimate of drug-likeness (QED) is 0.693. The van der Waals surface area contributed by atoms with Gasteiger partial charge in [0.05, 0.1) is 23.9 Å². The number of rotatable bonds is 2. The smallest absolute Gasteiger partial charge is 0.0719 e. The summed E-state index contributed by atoms with van der Waals surface area (Å²) < 4.78 is 1.80. The lowest BCUT2D eigenvalue weighted by atomic mass is 10.3. The standard InChI is InChI=1S/C8H10N4/c9-2-6-1-7(6)4-12-5-8(10)3-11-12/h3,5-7H,1,4,10H2/t6-,7-/m0/s1. The minimum absolute atomic E-state index is 0.246. The van der Waals surface area contributed by atoms with Crippen LogP contribution in [0.3, 0.4) is 0 Å². The van der Waals surface area contributed by atoms with Gasteiger partial charge < -0.3 is 5.73 Å². The van der Waals surface area contributed by atoms with Gasteiger partial charge in [-0.1, -0.05) is 0 Å². The molecule has 1 fully saturated rings. The number of hydrogen-bond acceptors (Lipinski definition) is 3. The average Bonchev–Trinajstić information content (AvgIpc) is 2.67. The first-order chi connectivity index (χ1) is 5.79. The number of anilines is 1. The molecule has 2 rings (SSSR count). The van der Waals surface area contributed by atoms with Crippen LogP contribution in [0.15, 0.2) is 12.4 Å². The summed E-state index contributed by atoms with van der Waals surface area (Å²) in [6, 6.07) is 2.24. The molecule has 0 bridgehead atoms. The molecule has 4 nitrogen and oxygen atoms in total. The summed E-state index contributed by atoms with van der Waals surface area (Å²) in [5.41, 5.74) is 6.18. The van der Waals surface area contributed by atoms with Crippen LogP contribution in [0.1, 0.15) is 6.42 Å². The Morgan fingerprint density at radius 2 is 2.67 bits per heavy atom. The largest absolute Gasteiger partial charge is 0.396 e. The van der Waals surface area contributed by atoms with Gasteiger partial charge in [0.15, 0.2) is 0 Å². The molecule has 12 heavy (non-hydrogen) atoms. The molecular formula is C8H10N4. The summed E-state index contributed by atoms with van der Waals surface area (Å²) in [7, 11) is 0. The van der Waals surface area contributed by atoms with Crippen LogP contribution in [0.4, 0.5) is 5.69 Å². The molecule has 1 aliphatic carbocycles. The van der Waals surface area contributed by atoms with E-state index in [2.05, 4.69) is 11.2 Å². The van der Waals surface area contributed by atoms with Gasteiger partial charge in [-0.05, 0) is 12.3 Å². The van der Waals surface area contributed by atoms with E-state index in [-0.39, 0.29) is 5.92 Å². The van der Waals surface area contributed by atoms with Crippen molar-refractivity contribution in [3.8, 4) is 6.07 Å². The van der Waals surface area contributed by atoms with Crippen molar-refractivity contribution in [1.82, 2.24) is 9.78 Å². The Morgan fingerprint density at radius 3 is 3.17 bits per heavy atom. The summed E-state index contributed by atoms with van der Waals surface area (Å²) in [5, 5.41) is 12.6. The van der Waals surface area contributed by atoms with Gasteiger partial charge in [0.1, 0.15) is 0 Å². The van der Waals surface area contributed by atoms with Gasteiger partial charge in [0.2, 0.25) is 0 Å². The summed E-state index contributed by atoms with van der Waals surface area (Å²) in [6.45, 7) is 0.829. The lowest BCUT2D eigenvalue weighted by Gasteiger charge is -1.96. The fraction of sp³-hybridized carbons (Fsp3) is 0.500. The Kier molecular flexibility index (Phi) is 1.51. The number of hydrogen-bond donors (Lipinski definition) is 1. The Hall–Kier alpha value is -1.50. The second-order valence-electron chi connectivity index (χ2n) is 3.23. The maximum Gasteiger partial charge on any atom is 0.0719 e. The van der Waals surface area contributed by atoms with Crippen LogP contribution in [0.5, 0.6) is 0 Å². The summed E-state index contributed by atoms with van der Waals surface area (Å²) >= 11 is 0. The predicted octanol–water partition coefficient (Wildman–Crippen LogP) is 0.625. The molecule has 1 aliphatic rings. The van der Waals surface area contributed by atoms with Crippen molar-refractivity contribution >= 4 is 5.69 Å². The van der Waals surface area contributed by atoms with E-state index in [1.165, 1.54) is 0 Å². The van der Waals surface area contributed by atoms with Gasteiger partial charge >= 0.3 is 0 Å². The highest BCUT2D eigenvalue weighted by atomic mass is 15.3. The second-order valence-corrected chi connectivity index (χ2v) is 3.23. The number of nitrogens with two attached hydrogens (primary N) is 1. The summed E-state index contributed by atoms with van der Waals surface area (Å²) in [4.78, 5) is 0. The molecule has 1 aromatic heterocycles. The van der Waals surface area contributed by atoms with Gasteiger partial charge in [-0.2, -0.15) is 10.4 Å². The van der Waals surface area contributed by atoms with E-state index in [4.69, 9.17) is 11.0 Å². The summed E-state index contributed by atoms with van der Waals surface area (Å²) in [6.07, 6.45) is 4.44. The average molecular weight is 162 g/mol. The zero-order valence-electron chi connectivity index (χ0n) is 6.64. The zero-order chi connectivity index (χ0) is 8.55. The zero-order valence-corrected chi connectivity index (χ0v) is 6.64. The van der Waals surface area contributed by atoms with Crippen LogP contribution in [0, 0.1) is 23.2 Å². The van der Waals surface area contributed by atoms with Gasteiger partial charge in [-0.15, -0.1) is 0 Å². The third-order valence-electron chi connectivity index (χ3n) is 2.16. The van der Waals surface area contributed by atoms with E-state index in [1.54, 1.807) is 17.1 Å². The Bertz CT molecular complexity index is 322.